The van der Waals surface area contributed by atoms with Gasteiger partial charge in [0.05, 0.1) is 18.3 Å². The maximum absolute atomic E-state index is 11.8. The molecule has 0 fully saturated rings. The maximum Gasteiger partial charge on any atom is 0.241 e. The third-order valence-electron chi connectivity index (χ3n) is 2.44. The van der Waals surface area contributed by atoms with Crippen molar-refractivity contribution < 1.29 is 9.53 Å². The van der Waals surface area contributed by atoms with Gasteiger partial charge in [-0.15, -0.1) is 0 Å². The average Bonchev–Trinajstić information content (AvgIpc) is 2.33. The van der Waals surface area contributed by atoms with Gasteiger partial charge < -0.3 is 15.8 Å². The summed E-state index contributed by atoms with van der Waals surface area (Å²) < 4.78 is 5.42. The predicted octanol–water partition coefficient (Wildman–Crippen LogP) is 2.80. The van der Waals surface area contributed by atoms with Gasteiger partial charge in [-0.2, -0.15) is 0 Å². The van der Waals surface area contributed by atoms with E-state index in [1.54, 1.807) is 18.2 Å². The van der Waals surface area contributed by atoms with E-state index in [1.165, 1.54) is 0 Å². The van der Waals surface area contributed by atoms with Crippen LogP contribution in [-0.4, -0.2) is 18.6 Å². The molecule has 1 atom stereocenters. The van der Waals surface area contributed by atoms with Crippen molar-refractivity contribution in [2.45, 2.75) is 32.7 Å². The molecule has 0 aliphatic heterocycles. The largest absolute Gasteiger partial charge is 0.492 e. The Morgan fingerprint density at radius 3 is 2.83 bits per heavy atom. The fraction of sp³-hybridized carbons (Fsp3) is 0.462. The summed E-state index contributed by atoms with van der Waals surface area (Å²) in [7, 11) is 0. The first-order valence-electron chi connectivity index (χ1n) is 6.07. The quantitative estimate of drug-likeness (QED) is 0.835. The molecule has 0 radical (unpaired) electrons. The minimum Gasteiger partial charge on any atom is -0.492 e. The molecule has 4 nitrogen and oxygen atoms in total. The number of hydrogen-bond acceptors (Lipinski definition) is 3. The number of nitrogens with two attached hydrogens (primary N) is 1. The van der Waals surface area contributed by atoms with Crippen LogP contribution in [0.15, 0.2) is 18.2 Å². The number of benzene rings is 1. The fourth-order valence-corrected chi connectivity index (χ4v) is 1.72. The van der Waals surface area contributed by atoms with Gasteiger partial charge in [-0.3, -0.25) is 4.79 Å². The van der Waals surface area contributed by atoms with Gasteiger partial charge in [0.15, 0.2) is 0 Å². The van der Waals surface area contributed by atoms with E-state index in [0.29, 0.717) is 29.5 Å². The van der Waals surface area contributed by atoms with Crippen LogP contribution in [0.5, 0.6) is 5.75 Å². The van der Waals surface area contributed by atoms with Crippen LogP contribution >= 0.6 is 11.6 Å². The van der Waals surface area contributed by atoms with E-state index >= 15 is 0 Å². The highest BCUT2D eigenvalue weighted by atomic mass is 35.5. The van der Waals surface area contributed by atoms with Gasteiger partial charge >= 0.3 is 0 Å². The van der Waals surface area contributed by atoms with Crippen molar-refractivity contribution in [2.75, 3.05) is 11.9 Å². The zero-order valence-corrected chi connectivity index (χ0v) is 11.5. The first-order chi connectivity index (χ1) is 8.58. The summed E-state index contributed by atoms with van der Waals surface area (Å²) in [4.78, 5) is 11.8. The Kier molecular flexibility index (Phi) is 5.95. The maximum atomic E-state index is 11.8. The second-order valence-corrected chi connectivity index (χ2v) is 4.39. The van der Waals surface area contributed by atoms with Gasteiger partial charge in [0.25, 0.3) is 0 Å². The molecule has 0 aromatic heterocycles. The summed E-state index contributed by atoms with van der Waals surface area (Å²) in [6.45, 7) is 4.38. The Morgan fingerprint density at radius 1 is 1.50 bits per heavy atom. The Hall–Kier alpha value is -1.26. The topological polar surface area (TPSA) is 64.4 Å². The second kappa shape index (κ2) is 7.24. The molecule has 0 aliphatic rings. The Labute approximate surface area is 112 Å². The molecule has 1 amide bonds. The molecule has 1 rings (SSSR count). The Balaban J connectivity index is 2.81. The molecule has 1 aromatic rings. The number of anilines is 1. The molecular formula is C13H19ClN2O2. The molecule has 100 valence electrons. The molecule has 0 unspecified atom stereocenters. The van der Waals surface area contributed by atoms with Crippen LogP contribution in [0.4, 0.5) is 5.69 Å². The number of hydrogen-bond donors (Lipinski definition) is 2. The minimum absolute atomic E-state index is 0.222. The standard InChI is InChI=1S/C13H19ClN2O2/c1-3-5-10(15)13(17)16-11-8-9(14)6-7-12(11)18-4-2/h6-8,10H,3-5,15H2,1-2H3,(H,16,17)/t10-/m1/s1. The summed E-state index contributed by atoms with van der Waals surface area (Å²) in [5, 5.41) is 3.29. The molecule has 0 spiro atoms. The summed E-state index contributed by atoms with van der Waals surface area (Å²) >= 11 is 5.90. The lowest BCUT2D eigenvalue weighted by Crippen LogP contribution is -2.35. The first-order valence-corrected chi connectivity index (χ1v) is 6.45. The molecule has 0 saturated carbocycles. The van der Waals surface area contributed by atoms with Crippen LogP contribution in [0.2, 0.25) is 5.02 Å². The average molecular weight is 271 g/mol. The number of rotatable bonds is 6. The number of carbonyl (C=O) groups excluding carboxylic acids is 1. The van der Waals surface area contributed by atoms with Crippen molar-refractivity contribution in [1.82, 2.24) is 0 Å². The van der Waals surface area contributed by atoms with Crippen LogP contribution in [0, 0.1) is 0 Å². The van der Waals surface area contributed by atoms with Gasteiger partial charge in [-0.25, -0.2) is 0 Å². The van der Waals surface area contributed by atoms with E-state index in [9.17, 15) is 4.79 Å². The third kappa shape index (κ3) is 4.20. The van der Waals surface area contributed by atoms with Gasteiger partial charge in [0, 0.05) is 5.02 Å². The van der Waals surface area contributed by atoms with E-state index in [0.717, 1.165) is 6.42 Å². The third-order valence-corrected chi connectivity index (χ3v) is 2.67. The van der Waals surface area contributed by atoms with Gasteiger partial charge in [0.2, 0.25) is 5.91 Å². The van der Waals surface area contributed by atoms with E-state index < -0.39 is 6.04 Å². The molecule has 18 heavy (non-hydrogen) atoms. The van der Waals surface area contributed by atoms with Crippen LogP contribution in [0.25, 0.3) is 0 Å². The van der Waals surface area contributed by atoms with E-state index in [1.807, 2.05) is 13.8 Å². The summed E-state index contributed by atoms with van der Waals surface area (Å²) in [5.41, 5.74) is 6.31. The summed E-state index contributed by atoms with van der Waals surface area (Å²) in [6.07, 6.45) is 1.51. The highest BCUT2D eigenvalue weighted by Gasteiger charge is 2.14. The zero-order valence-electron chi connectivity index (χ0n) is 10.7. The summed E-state index contributed by atoms with van der Waals surface area (Å²) in [5.74, 6) is 0.374. The lowest BCUT2D eigenvalue weighted by atomic mass is 10.1. The summed E-state index contributed by atoms with van der Waals surface area (Å²) in [6, 6.07) is 4.59. The minimum atomic E-state index is -0.511. The van der Waals surface area contributed by atoms with E-state index in [-0.39, 0.29) is 5.91 Å². The number of amides is 1. The number of halogens is 1. The highest BCUT2D eigenvalue weighted by Crippen LogP contribution is 2.28. The molecule has 5 heteroatoms. The number of nitrogens with one attached hydrogen (secondary N) is 1. The van der Waals surface area contributed by atoms with Crippen molar-refractivity contribution in [3.8, 4) is 5.75 Å². The van der Waals surface area contributed by atoms with Crippen LogP contribution in [-0.2, 0) is 4.79 Å². The van der Waals surface area contributed by atoms with Crippen molar-refractivity contribution in [3.05, 3.63) is 23.2 Å². The predicted molar refractivity (Wildman–Crippen MR) is 74.1 cm³/mol. The van der Waals surface area contributed by atoms with Crippen molar-refractivity contribution in [3.63, 3.8) is 0 Å². The second-order valence-electron chi connectivity index (χ2n) is 3.96. The number of carbonyl (C=O) groups is 1. The monoisotopic (exact) mass is 270 g/mol. The lowest BCUT2D eigenvalue weighted by molar-refractivity contribution is -0.117. The zero-order chi connectivity index (χ0) is 13.5. The molecule has 0 heterocycles. The van der Waals surface area contributed by atoms with Crippen molar-refractivity contribution in [1.29, 1.82) is 0 Å². The van der Waals surface area contributed by atoms with Crippen molar-refractivity contribution >= 4 is 23.2 Å². The Morgan fingerprint density at radius 2 is 2.22 bits per heavy atom. The fourth-order valence-electron chi connectivity index (χ4n) is 1.55. The lowest BCUT2D eigenvalue weighted by Gasteiger charge is -2.14. The smallest absolute Gasteiger partial charge is 0.241 e. The van der Waals surface area contributed by atoms with Crippen LogP contribution < -0.4 is 15.8 Å². The van der Waals surface area contributed by atoms with Gasteiger partial charge in [-0.1, -0.05) is 24.9 Å². The molecule has 0 aliphatic carbocycles. The molecular weight excluding hydrogens is 252 g/mol. The SMILES string of the molecule is CCC[C@@H](N)C(=O)Nc1cc(Cl)ccc1OCC. The molecule has 0 bridgehead atoms. The molecule has 3 N–H and O–H groups in total. The number of ether oxygens (including phenoxy) is 1. The normalized spacial score (nSPS) is 12.0. The van der Waals surface area contributed by atoms with Crippen LogP contribution in [0.3, 0.4) is 0 Å². The van der Waals surface area contributed by atoms with Gasteiger partial charge in [-0.05, 0) is 31.5 Å². The van der Waals surface area contributed by atoms with Gasteiger partial charge in [0.1, 0.15) is 5.75 Å². The van der Waals surface area contributed by atoms with Crippen LogP contribution in [0.1, 0.15) is 26.7 Å². The van der Waals surface area contributed by atoms with Crippen molar-refractivity contribution in [2.24, 2.45) is 5.73 Å². The van der Waals surface area contributed by atoms with E-state index in [4.69, 9.17) is 22.1 Å². The molecule has 0 saturated heterocycles. The first kappa shape index (κ1) is 14.8. The Bertz CT molecular complexity index is 410. The van der Waals surface area contributed by atoms with E-state index in [2.05, 4.69) is 5.32 Å². The molecule has 1 aromatic carbocycles. The highest BCUT2D eigenvalue weighted by molar-refractivity contribution is 6.31.